The molecular weight excluding hydrogens is 352 g/mol. The highest BCUT2D eigenvalue weighted by atomic mass is 16.5. The Hall–Kier alpha value is -2.82. The van der Waals surface area contributed by atoms with Crippen LogP contribution in [0.15, 0.2) is 42.5 Å². The van der Waals surface area contributed by atoms with Gasteiger partial charge in [-0.1, -0.05) is 25.1 Å². The van der Waals surface area contributed by atoms with E-state index in [1.54, 1.807) is 0 Å². The molecule has 0 unspecified atom stereocenters. The van der Waals surface area contributed by atoms with Crippen LogP contribution in [0.25, 0.3) is 0 Å². The fraction of sp³-hybridized carbons (Fsp3) is 0.391. The number of ether oxygens (including phenoxy) is 1. The number of benzene rings is 2. The molecule has 5 nitrogen and oxygen atoms in total. The van der Waals surface area contributed by atoms with Crippen LogP contribution in [0.4, 0.5) is 5.69 Å². The van der Waals surface area contributed by atoms with Crippen LogP contribution in [0.5, 0.6) is 5.75 Å². The van der Waals surface area contributed by atoms with Crippen LogP contribution in [-0.4, -0.2) is 29.9 Å². The van der Waals surface area contributed by atoms with Crippen LogP contribution in [0.1, 0.15) is 36.5 Å². The fourth-order valence-corrected chi connectivity index (χ4v) is 3.58. The van der Waals surface area contributed by atoms with Gasteiger partial charge in [0.1, 0.15) is 5.75 Å². The van der Waals surface area contributed by atoms with E-state index >= 15 is 0 Å². The monoisotopic (exact) mass is 378 g/mol. The summed E-state index contributed by atoms with van der Waals surface area (Å²) in [6.07, 6.45) is 3.90. The zero-order valence-electron chi connectivity index (χ0n) is 16.2. The van der Waals surface area contributed by atoms with Gasteiger partial charge in [0, 0.05) is 24.7 Å². The van der Waals surface area contributed by atoms with Crippen molar-refractivity contribution in [3.05, 3.63) is 59.2 Å². The lowest BCUT2D eigenvalue weighted by Gasteiger charge is -2.29. The van der Waals surface area contributed by atoms with Crippen LogP contribution in [0, 0.1) is 5.92 Å². The maximum atomic E-state index is 12.3. The molecule has 0 saturated heterocycles. The number of hydrogen-bond acceptors (Lipinski definition) is 3. The number of nitrogens with zero attached hydrogens (tertiary/aromatic N) is 1. The Labute approximate surface area is 165 Å². The molecule has 0 atom stereocenters. The Kier molecular flexibility index (Phi) is 5.33. The zero-order valence-corrected chi connectivity index (χ0v) is 16.2. The second-order valence-electron chi connectivity index (χ2n) is 7.60. The first kappa shape index (κ1) is 18.5. The van der Waals surface area contributed by atoms with Crippen LogP contribution >= 0.6 is 0 Å². The molecule has 1 fully saturated rings. The van der Waals surface area contributed by atoms with Crippen molar-refractivity contribution in [2.24, 2.45) is 5.92 Å². The maximum absolute atomic E-state index is 12.3. The van der Waals surface area contributed by atoms with Gasteiger partial charge in [0.25, 0.3) is 5.91 Å². The molecule has 2 aromatic rings. The summed E-state index contributed by atoms with van der Waals surface area (Å²) in [5.74, 6) is 1.02. The van der Waals surface area contributed by atoms with Crippen molar-refractivity contribution in [3.8, 4) is 5.75 Å². The van der Waals surface area contributed by atoms with Crippen molar-refractivity contribution in [2.45, 2.75) is 39.2 Å². The molecule has 0 spiro atoms. The maximum Gasteiger partial charge on any atom is 0.262 e. The van der Waals surface area contributed by atoms with Gasteiger partial charge in [-0.05, 0) is 66.6 Å². The van der Waals surface area contributed by atoms with E-state index in [1.165, 1.54) is 11.1 Å². The number of fused-ring (bicyclic) bond motifs is 1. The number of nitrogens with one attached hydrogen (secondary N) is 1. The van der Waals surface area contributed by atoms with Crippen molar-refractivity contribution in [3.63, 3.8) is 0 Å². The lowest BCUT2D eigenvalue weighted by Crippen LogP contribution is -2.36. The van der Waals surface area contributed by atoms with Gasteiger partial charge in [-0.3, -0.25) is 9.59 Å². The molecular formula is C23H26N2O3. The first-order chi connectivity index (χ1) is 13.6. The van der Waals surface area contributed by atoms with E-state index in [1.807, 2.05) is 47.4 Å². The predicted molar refractivity (Wildman–Crippen MR) is 108 cm³/mol. The Balaban J connectivity index is 1.33. The van der Waals surface area contributed by atoms with Crippen LogP contribution in [-0.2, 0) is 29.0 Å². The summed E-state index contributed by atoms with van der Waals surface area (Å²) in [6, 6.07) is 13.7. The normalized spacial score (nSPS) is 15.7. The number of rotatable bonds is 6. The molecule has 1 N–H and O–H groups in total. The average Bonchev–Trinajstić information content (AvgIpc) is 3.57. The minimum Gasteiger partial charge on any atom is -0.484 e. The average molecular weight is 378 g/mol. The molecule has 0 radical (unpaired) electrons. The van der Waals surface area contributed by atoms with E-state index in [9.17, 15) is 9.59 Å². The highest BCUT2D eigenvalue weighted by Crippen LogP contribution is 2.33. The van der Waals surface area contributed by atoms with E-state index in [2.05, 4.69) is 12.2 Å². The molecule has 2 aromatic carbocycles. The molecule has 4 rings (SSSR count). The van der Waals surface area contributed by atoms with Gasteiger partial charge in [0.2, 0.25) is 5.91 Å². The summed E-state index contributed by atoms with van der Waals surface area (Å²) in [5, 5.41) is 2.90. The fourth-order valence-electron chi connectivity index (χ4n) is 3.58. The van der Waals surface area contributed by atoms with Gasteiger partial charge in [-0.2, -0.15) is 0 Å². The van der Waals surface area contributed by atoms with Gasteiger partial charge >= 0.3 is 0 Å². The summed E-state index contributed by atoms with van der Waals surface area (Å²) in [4.78, 5) is 26.5. The van der Waals surface area contributed by atoms with Crippen molar-refractivity contribution in [2.75, 3.05) is 18.5 Å². The molecule has 1 aliphatic carbocycles. The van der Waals surface area contributed by atoms with Gasteiger partial charge in [-0.25, -0.2) is 0 Å². The molecule has 146 valence electrons. The van der Waals surface area contributed by atoms with E-state index in [-0.39, 0.29) is 24.3 Å². The second kappa shape index (κ2) is 8.05. The number of amides is 2. The predicted octanol–water partition coefficient (Wildman–Crippen LogP) is 3.56. The highest BCUT2D eigenvalue weighted by molar-refractivity contribution is 5.92. The summed E-state index contributed by atoms with van der Waals surface area (Å²) < 4.78 is 5.57. The third-order valence-electron chi connectivity index (χ3n) is 5.44. The first-order valence-corrected chi connectivity index (χ1v) is 10.0. The Bertz CT molecular complexity index is 872. The van der Waals surface area contributed by atoms with Crippen molar-refractivity contribution >= 4 is 17.5 Å². The number of anilines is 1. The molecule has 1 heterocycles. The van der Waals surface area contributed by atoms with Gasteiger partial charge in [0.05, 0.1) is 0 Å². The summed E-state index contributed by atoms with van der Waals surface area (Å²) in [5.41, 5.74) is 4.36. The number of carbonyl (C=O) groups is 2. The van der Waals surface area contributed by atoms with Crippen molar-refractivity contribution in [1.29, 1.82) is 0 Å². The Morgan fingerprint density at radius 3 is 2.61 bits per heavy atom. The van der Waals surface area contributed by atoms with E-state index in [0.717, 1.165) is 43.5 Å². The Morgan fingerprint density at radius 1 is 1.11 bits per heavy atom. The lowest BCUT2D eigenvalue weighted by molar-refractivity contribution is -0.133. The van der Waals surface area contributed by atoms with E-state index in [0.29, 0.717) is 12.3 Å². The topological polar surface area (TPSA) is 58.6 Å². The molecule has 5 heteroatoms. The molecule has 0 aromatic heterocycles. The summed E-state index contributed by atoms with van der Waals surface area (Å²) in [6.45, 7) is 3.49. The van der Waals surface area contributed by atoms with Gasteiger partial charge in [0.15, 0.2) is 6.61 Å². The quantitative estimate of drug-likeness (QED) is 0.836. The minimum absolute atomic E-state index is 0.0329. The van der Waals surface area contributed by atoms with Crippen molar-refractivity contribution < 1.29 is 14.3 Å². The van der Waals surface area contributed by atoms with Crippen LogP contribution in [0.3, 0.4) is 0 Å². The SMILES string of the molecule is CCc1ccc(OCC(=O)Nc2ccc3c(c2)CN(C(=O)C2CC2)CC3)cc1. The molecule has 1 aliphatic heterocycles. The molecule has 1 saturated carbocycles. The van der Waals surface area contributed by atoms with E-state index < -0.39 is 0 Å². The van der Waals surface area contributed by atoms with Gasteiger partial charge < -0.3 is 15.0 Å². The highest BCUT2D eigenvalue weighted by Gasteiger charge is 2.34. The second-order valence-corrected chi connectivity index (χ2v) is 7.60. The van der Waals surface area contributed by atoms with Gasteiger partial charge in [-0.15, -0.1) is 0 Å². The molecule has 2 amide bonds. The minimum atomic E-state index is -0.193. The van der Waals surface area contributed by atoms with Crippen LogP contribution in [0.2, 0.25) is 0 Å². The molecule has 2 aliphatic rings. The largest absolute Gasteiger partial charge is 0.484 e. The zero-order chi connectivity index (χ0) is 19.5. The van der Waals surface area contributed by atoms with Crippen molar-refractivity contribution in [1.82, 2.24) is 4.90 Å². The standard InChI is InChI=1S/C23H26N2O3/c1-2-16-3-9-21(10-4-16)28-15-22(26)24-20-8-7-17-11-12-25(14-19(17)13-20)23(27)18-5-6-18/h3-4,7-10,13,18H,2,5-6,11-12,14-15H2,1H3,(H,24,26). The summed E-state index contributed by atoms with van der Waals surface area (Å²) >= 11 is 0. The number of aryl methyl sites for hydroxylation is 1. The molecule has 28 heavy (non-hydrogen) atoms. The number of hydrogen-bond donors (Lipinski definition) is 1. The van der Waals surface area contributed by atoms with E-state index in [4.69, 9.17) is 4.74 Å². The number of carbonyl (C=O) groups excluding carboxylic acids is 2. The third-order valence-corrected chi connectivity index (χ3v) is 5.44. The Morgan fingerprint density at radius 2 is 1.89 bits per heavy atom. The lowest BCUT2D eigenvalue weighted by atomic mass is 9.98. The smallest absolute Gasteiger partial charge is 0.262 e. The third kappa shape index (κ3) is 4.35. The van der Waals surface area contributed by atoms with Crippen LogP contribution < -0.4 is 10.1 Å². The summed E-state index contributed by atoms with van der Waals surface area (Å²) in [7, 11) is 0. The molecule has 0 bridgehead atoms. The first-order valence-electron chi connectivity index (χ1n) is 10.0.